The fourth-order valence-electron chi connectivity index (χ4n) is 2.63. The van der Waals surface area contributed by atoms with E-state index in [0.29, 0.717) is 11.6 Å². The molecule has 0 bridgehead atoms. The first kappa shape index (κ1) is 13.1. The van der Waals surface area contributed by atoms with Crippen molar-refractivity contribution >= 4 is 5.97 Å². The van der Waals surface area contributed by atoms with Gasteiger partial charge in [-0.15, -0.1) is 0 Å². The van der Waals surface area contributed by atoms with E-state index in [2.05, 4.69) is 18.7 Å². The summed E-state index contributed by atoms with van der Waals surface area (Å²) in [4.78, 5) is 13.3. The van der Waals surface area contributed by atoms with E-state index in [4.69, 9.17) is 5.11 Å². The van der Waals surface area contributed by atoms with Gasteiger partial charge in [0.1, 0.15) is 0 Å². The first-order valence-corrected chi connectivity index (χ1v) is 6.64. The van der Waals surface area contributed by atoms with Crippen LogP contribution in [0.25, 0.3) is 0 Å². The molecule has 0 aromatic heterocycles. The summed E-state index contributed by atoms with van der Waals surface area (Å²) in [5, 5.41) is 8.86. The molecular weight excluding hydrogens is 226 g/mol. The van der Waals surface area contributed by atoms with Crippen LogP contribution in [0, 0.1) is 5.92 Å². The van der Waals surface area contributed by atoms with E-state index in [1.165, 1.54) is 18.4 Å². The predicted molar refractivity (Wildman–Crippen MR) is 71.7 cm³/mol. The second kappa shape index (κ2) is 5.53. The molecule has 2 unspecified atom stereocenters. The number of rotatable bonds is 3. The Morgan fingerprint density at radius 2 is 2.00 bits per heavy atom. The lowest BCUT2D eigenvalue weighted by molar-refractivity contribution is 0.0697. The number of nitrogens with zero attached hydrogens (tertiary/aromatic N) is 1. The smallest absolute Gasteiger partial charge is 0.335 e. The average Bonchev–Trinajstić information content (AvgIpc) is 2.36. The summed E-state index contributed by atoms with van der Waals surface area (Å²) in [5.41, 5.74) is 1.56. The molecule has 98 valence electrons. The van der Waals surface area contributed by atoms with Crippen LogP contribution in [0.3, 0.4) is 0 Å². The van der Waals surface area contributed by atoms with Crippen molar-refractivity contribution in [3.05, 3.63) is 35.4 Å². The van der Waals surface area contributed by atoms with Crippen LogP contribution in [-0.4, -0.2) is 28.6 Å². The fourth-order valence-corrected chi connectivity index (χ4v) is 2.63. The van der Waals surface area contributed by atoms with Gasteiger partial charge in [-0.3, -0.25) is 4.90 Å². The first-order chi connectivity index (χ1) is 8.58. The van der Waals surface area contributed by atoms with Crippen molar-refractivity contribution < 1.29 is 9.90 Å². The van der Waals surface area contributed by atoms with Gasteiger partial charge in [0.2, 0.25) is 0 Å². The van der Waals surface area contributed by atoms with Gasteiger partial charge < -0.3 is 5.11 Å². The van der Waals surface area contributed by atoms with E-state index < -0.39 is 5.97 Å². The molecular formula is C15H21NO2. The monoisotopic (exact) mass is 247 g/mol. The maximum absolute atomic E-state index is 10.8. The lowest BCUT2D eigenvalue weighted by atomic mass is 9.91. The van der Waals surface area contributed by atoms with Crippen molar-refractivity contribution in [2.45, 2.75) is 39.3 Å². The predicted octanol–water partition coefficient (Wildman–Crippen LogP) is 3.01. The third-order valence-electron chi connectivity index (χ3n) is 4.09. The second-order valence-electron chi connectivity index (χ2n) is 5.33. The highest BCUT2D eigenvalue weighted by atomic mass is 16.4. The number of likely N-dealkylation sites (tertiary alicyclic amines) is 1. The van der Waals surface area contributed by atoms with Crippen LogP contribution in [0.1, 0.15) is 42.6 Å². The van der Waals surface area contributed by atoms with E-state index in [-0.39, 0.29) is 0 Å². The van der Waals surface area contributed by atoms with Gasteiger partial charge in [0.05, 0.1) is 5.56 Å². The van der Waals surface area contributed by atoms with E-state index in [9.17, 15) is 4.79 Å². The number of hydrogen-bond acceptors (Lipinski definition) is 2. The van der Waals surface area contributed by atoms with Crippen molar-refractivity contribution in [3.63, 3.8) is 0 Å². The number of piperidine rings is 1. The molecule has 1 aromatic carbocycles. The van der Waals surface area contributed by atoms with Gasteiger partial charge in [-0.25, -0.2) is 4.79 Å². The van der Waals surface area contributed by atoms with Crippen LogP contribution in [0.15, 0.2) is 24.3 Å². The van der Waals surface area contributed by atoms with E-state index in [0.717, 1.165) is 19.0 Å². The molecule has 1 aromatic rings. The number of benzene rings is 1. The molecule has 0 aliphatic carbocycles. The molecule has 1 saturated heterocycles. The normalized spacial score (nSPS) is 25.0. The zero-order valence-electron chi connectivity index (χ0n) is 11.1. The van der Waals surface area contributed by atoms with Gasteiger partial charge in [-0.2, -0.15) is 0 Å². The number of carboxylic acid groups (broad SMARTS) is 1. The Kier molecular flexibility index (Phi) is 4.02. The minimum absolute atomic E-state index is 0.360. The summed E-state index contributed by atoms with van der Waals surface area (Å²) in [7, 11) is 0. The zero-order valence-corrected chi connectivity index (χ0v) is 11.1. The van der Waals surface area contributed by atoms with Crippen molar-refractivity contribution in [1.82, 2.24) is 4.90 Å². The number of carbonyl (C=O) groups is 1. The summed E-state index contributed by atoms with van der Waals surface area (Å²) in [6, 6.07) is 7.84. The standard InChI is InChI=1S/C15H21NO2/c1-11-4-3-9-16(12(11)2)10-13-5-7-14(8-6-13)15(17)18/h5-8,11-12H,3-4,9-10H2,1-2H3,(H,17,18). The molecule has 0 spiro atoms. The highest BCUT2D eigenvalue weighted by Crippen LogP contribution is 2.24. The number of aromatic carboxylic acids is 1. The summed E-state index contributed by atoms with van der Waals surface area (Å²) in [6.07, 6.45) is 2.58. The molecule has 0 amide bonds. The molecule has 1 fully saturated rings. The Hall–Kier alpha value is -1.35. The zero-order chi connectivity index (χ0) is 13.1. The Morgan fingerprint density at radius 3 is 2.61 bits per heavy atom. The lowest BCUT2D eigenvalue weighted by Crippen LogP contribution is -2.41. The first-order valence-electron chi connectivity index (χ1n) is 6.64. The van der Waals surface area contributed by atoms with Gasteiger partial charge >= 0.3 is 5.97 Å². The van der Waals surface area contributed by atoms with E-state index in [1.54, 1.807) is 12.1 Å². The summed E-state index contributed by atoms with van der Waals surface area (Å²) in [5.74, 6) is -0.112. The van der Waals surface area contributed by atoms with E-state index in [1.807, 2.05) is 12.1 Å². The second-order valence-corrected chi connectivity index (χ2v) is 5.33. The highest BCUT2D eigenvalue weighted by molar-refractivity contribution is 5.87. The van der Waals surface area contributed by atoms with Gasteiger partial charge in [-0.1, -0.05) is 19.1 Å². The van der Waals surface area contributed by atoms with Crippen LogP contribution in [0.5, 0.6) is 0 Å². The summed E-state index contributed by atoms with van der Waals surface area (Å²) < 4.78 is 0. The summed E-state index contributed by atoms with van der Waals surface area (Å²) in [6.45, 7) is 6.66. The van der Waals surface area contributed by atoms with Crippen molar-refractivity contribution in [1.29, 1.82) is 0 Å². The quantitative estimate of drug-likeness (QED) is 0.892. The molecule has 3 heteroatoms. The van der Waals surface area contributed by atoms with Crippen LogP contribution >= 0.6 is 0 Å². The summed E-state index contributed by atoms with van der Waals surface area (Å²) >= 11 is 0. The topological polar surface area (TPSA) is 40.5 Å². The molecule has 1 heterocycles. The van der Waals surface area contributed by atoms with Crippen molar-refractivity contribution in [2.24, 2.45) is 5.92 Å². The molecule has 1 aliphatic rings. The lowest BCUT2D eigenvalue weighted by Gasteiger charge is -2.38. The Labute approximate surface area is 108 Å². The third-order valence-corrected chi connectivity index (χ3v) is 4.09. The van der Waals surface area contributed by atoms with Crippen molar-refractivity contribution in [3.8, 4) is 0 Å². The Morgan fingerprint density at radius 1 is 1.33 bits per heavy atom. The minimum atomic E-state index is -0.860. The van der Waals surface area contributed by atoms with Gasteiger partial charge in [0.15, 0.2) is 0 Å². The van der Waals surface area contributed by atoms with Crippen molar-refractivity contribution in [2.75, 3.05) is 6.54 Å². The Bertz CT molecular complexity index is 413. The highest BCUT2D eigenvalue weighted by Gasteiger charge is 2.24. The molecule has 3 nitrogen and oxygen atoms in total. The third kappa shape index (κ3) is 2.91. The van der Waals surface area contributed by atoms with Crippen LogP contribution in [0.2, 0.25) is 0 Å². The number of hydrogen-bond donors (Lipinski definition) is 1. The average molecular weight is 247 g/mol. The van der Waals surface area contributed by atoms with Gasteiger partial charge in [-0.05, 0) is 49.9 Å². The van der Waals surface area contributed by atoms with Gasteiger partial charge in [0, 0.05) is 12.6 Å². The molecule has 0 radical (unpaired) electrons. The SMILES string of the molecule is CC1CCCN(Cc2ccc(C(=O)O)cc2)C1C. The van der Waals surface area contributed by atoms with Crippen LogP contribution < -0.4 is 0 Å². The maximum Gasteiger partial charge on any atom is 0.335 e. The Balaban J connectivity index is 2.02. The molecule has 1 N–H and O–H groups in total. The van der Waals surface area contributed by atoms with Crippen LogP contribution in [-0.2, 0) is 6.54 Å². The fraction of sp³-hybridized carbons (Fsp3) is 0.533. The van der Waals surface area contributed by atoms with Crippen LogP contribution in [0.4, 0.5) is 0 Å². The largest absolute Gasteiger partial charge is 0.478 e. The molecule has 2 atom stereocenters. The number of carboxylic acids is 1. The maximum atomic E-state index is 10.8. The molecule has 2 rings (SSSR count). The minimum Gasteiger partial charge on any atom is -0.478 e. The van der Waals surface area contributed by atoms with Gasteiger partial charge in [0.25, 0.3) is 0 Å². The van der Waals surface area contributed by atoms with E-state index >= 15 is 0 Å². The molecule has 18 heavy (non-hydrogen) atoms. The molecule has 0 saturated carbocycles. The molecule has 1 aliphatic heterocycles.